The van der Waals surface area contributed by atoms with Crippen molar-refractivity contribution in [2.24, 2.45) is 0 Å². The van der Waals surface area contributed by atoms with Crippen LogP contribution in [-0.2, 0) is 0 Å². The first kappa shape index (κ1) is 12.4. The predicted octanol–water partition coefficient (Wildman–Crippen LogP) is 3.33. The summed E-state index contributed by atoms with van der Waals surface area (Å²) in [5, 5.41) is 0.784. The van der Waals surface area contributed by atoms with E-state index in [0.717, 1.165) is 5.39 Å². The van der Waals surface area contributed by atoms with Gasteiger partial charge in [-0.25, -0.2) is 4.79 Å². The number of fused-ring (bicyclic) bond motifs is 1. The average Bonchev–Trinajstić information content (AvgIpc) is 2.48. The van der Waals surface area contributed by atoms with Crippen LogP contribution in [0.5, 0.6) is 0 Å². The SMILES string of the molecule is Cc1c(C(=O)c2ccccc2)c(=O)oc2ccccc12. The van der Waals surface area contributed by atoms with Crippen molar-refractivity contribution in [2.75, 3.05) is 0 Å². The molecule has 3 rings (SSSR count). The summed E-state index contributed by atoms with van der Waals surface area (Å²) in [6.07, 6.45) is 0. The minimum absolute atomic E-state index is 0.106. The minimum Gasteiger partial charge on any atom is -0.422 e. The van der Waals surface area contributed by atoms with Crippen molar-refractivity contribution in [2.45, 2.75) is 6.92 Å². The van der Waals surface area contributed by atoms with Crippen molar-refractivity contribution >= 4 is 16.8 Å². The fourth-order valence-corrected chi connectivity index (χ4v) is 2.30. The van der Waals surface area contributed by atoms with E-state index in [1.165, 1.54) is 0 Å². The largest absolute Gasteiger partial charge is 0.422 e. The summed E-state index contributed by atoms with van der Waals surface area (Å²) in [4.78, 5) is 24.6. The Morgan fingerprint density at radius 1 is 0.950 bits per heavy atom. The van der Waals surface area contributed by atoms with E-state index in [2.05, 4.69) is 0 Å². The maximum Gasteiger partial charge on any atom is 0.347 e. The molecule has 98 valence electrons. The van der Waals surface area contributed by atoms with E-state index < -0.39 is 5.63 Å². The van der Waals surface area contributed by atoms with Crippen LogP contribution in [0, 0.1) is 6.92 Å². The van der Waals surface area contributed by atoms with Crippen LogP contribution in [0.25, 0.3) is 11.0 Å². The van der Waals surface area contributed by atoms with Crippen LogP contribution < -0.4 is 5.63 Å². The molecule has 0 unspecified atom stereocenters. The first-order chi connectivity index (χ1) is 9.68. The van der Waals surface area contributed by atoms with Crippen molar-refractivity contribution in [3.8, 4) is 0 Å². The van der Waals surface area contributed by atoms with Crippen LogP contribution in [0.3, 0.4) is 0 Å². The van der Waals surface area contributed by atoms with Gasteiger partial charge in [0.05, 0.1) is 0 Å². The highest BCUT2D eigenvalue weighted by molar-refractivity contribution is 6.11. The van der Waals surface area contributed by atoms with E-state index >= 15 is 0 Å². The zero-order chi connectivity index (χ0) is 14.1. The average molecular weight is 264 g/mol. The summed E-state index contributed by atoms with van der Waals surface area (Å²) in [6, 6.07) is 16.0. The van der Waals surface area contributed by atoms with Gasteiger partial charge in [0.15, 0.2) is 0 Å². The second kappa shape index (κ2) is 4.78. The topological polar surface area (TPSA) is 47.3 Å². The first-order valence-corrected chi connectivity index (χ1v) is 6.30. The van der Waals surface area contributed by atoms with Crippen LogP contribution in [0.1, 0.15) is 21.5 Å². The fourth-order valence-electron chi connectivity index (χ4n) is 2.30. The molecule has 0 saturated carbocycles. The zero-order valence-corrected chi connectivity index (χ0v) is 10.9. The first-order valence-electron chi connectivity index (χ1n) is 6.30. The molecule has 2 aromatic carbocycles. The normalized spacial score (nSPS) is 10.7. The molecule has 1 heterocycles. The summed E-state index contributed by atoms with van der Waals surface area (Å²) >= 11 is 0. The molecule has 0 fully saturated rings. The van der Waals surface area contributed by atoms with Crippen LogP contribution in [0.2, 0.25) is 0 Å². The molecule has 20 heavy (non-hydrogen) atoms. The Morgan fingerprint density at radius 2 is 1.60 bits per heavy atom. The molecule has 0 radical (unpaired) electrons. The van der Waals surface area contributed by atoms with Gasteiger partial charge in [-0.05, 0) is 18.6 Å². The van der Waals surface area contributed by atoms with Crippen LogP contribution in [0.4, 0.5) is 0 Å². The lowest BCUT2D eigenvalue weighted by atomic mass is 9.98. The third-order valence-corrected chi connectivity index (χ3v) is 3.34. The summed E-state index contributed by atoms with van der Waals surface area (Å²) in [6.45, 7) is 1.77. The number of rotatable bonds is 2. The maximum atomic E-state index is 12.5. The van der Waals surface area contributed by atoms with E-state index in [1.54, 1.807) is 43.3 Å². The number of hydrogen-bond acceptors (Lipinski definition) is 3. The molecule has 0 aliphatic heterocycles. The van der Waals surface area contributed by atoms with Gasteiger partial charge in [-0.15, -0.1) is 0 Å². The van der Waals surface area contributed by atoms with Gasteiger partial charge in [0.1, 0.15) is 11.1 Å². The lowest BCUT2D eigenvalue weighted by molar-refractivity contribution is 0.103. The Bertz CT molecular complexity index is 845. The summed E-state index contributed by atoms with van der Waals surface area (Å²) < 4.78 is 5.24. The van der Waals surface area contributed by atoms with E-state index in [4.69, 9.17) is 4.42 Å². The number of benzene rings is 2. The quantitative estimate of drug-likeness (QED) is 0.527. The lowest BCUT2D eigenvalue weighted by Crippen LogP contribution is -2.17. The zero-order valence-electron chi connectivity index (χ0n) is 10.9. The molecule has 0 saturated heterocycles. The Morgan fingerprint density at radius 3 is 2.35 bits per heavy atom. The standard InChI is InChI=1S/C17H12O3/c1-11-13-9-5-6-10-14(13)20-17(19)15(11)16(18)12-7-3-2-4-8-12/h2-10H,1H3. The minimum atomic E-state index is -0.588. The highest BCUT2D eigenvalue weighted by Crippen LogP contribution is 2.20. The van der Waals surface area contributed by atoms with E-state index in [-0.39, 0.29) is 11.3 Å². The van der Waals surface area contributed by atoms with Gasteiger partial charge < -0.3 is 4.42 Å². The molecule has 3 aromatic rings. The number of para-hydroxylation sites is 1. The van der Waals surface area contributed by atoms with Gasteiger partial charge in [-0.3, -0.25) is 4.79 Å². The molecule has 0 atom stereocenters. The lowest BCUT2D eigenvalue weighted by Gasteiger charge is -2.06. The van der Waals surface area contributed by atoms with Crippen molar-refractivity contribution in [1.29, 1.82) is 0 Å². The molecule has 0 aliphatic carbocycles. The van der Waals surface area contributed by atoms with E-state index in [0.29, 0.717) is 16.7 Å². The molecule has 3 heteroatoms. The molecule has 0 N–H and O–H groups in total. The fraction of sp³-hybridized carbons (Fsp3) is 0.0588. The number of hydrogen-bond donors (Lipinski definition) is 0. The molecule has 3 nitrogen and oxygen atoms in total. The van der Waals surface area contributed by atoms with Gasteiger partial charge in [-0.2, -0.15) is 0 Å². The molecule has 0 spiro atoms. The van der Waals surface area contributed by atoms with Crippen molar-refractivity contribution in [3.63, 3.8) is 0 Å². The van der Waals surface area contributed by atoms with E-state index in [1.807, 2.05) is 18.2 Å². The number of aryl methyl sites for hydroxylation is 1. The highest BCUT2D eigenvalue weighted by atomic mass is 16.4. The Balaban J connectivity index is 2.27. The Kier molecular flexibility index (Phi) is 2.95. The summed E-state index contributed by atoms with van der Waals surface area (Å²) in [5.74, 6) is -0.303. The Hall–Kier alpha value is -2.68. The molecule has 0 amide bonds. The van der Waals surface area contributed by atoms with Gasteiger partial charge in [0.25, 0.3) is 0 Å². The third kappa shape index (κ3) is 1.93. The number of carbonyl (C=O) groups excluding carboxylic acids is 1. The van der Waals surface area contributed by atoms with Crippen molar-refractivity contribution in [3.05, 3.63) is 81.7 Å². The van der Waals surface area contributed by atoms with Crippen LogP contribution in [0.15, 0.2) is 63.8 Å². The number of ketones is 1. The molecular formula is C17H12O3. The summed E-state index contributed by atoms with van der Waals surface area (Å²) in [7, 11) is 0. The van der Waals surface area contributed by atoms with Gasteiger partial charge in [0, 0.05) is 10.9 Å². The van der Waals surface area contributed by atoms with Crippen molar-refractivity contribution in [1.82, 2.24) is 0 Å². The van der Waals surface area contributed by atoms with Gasteiger partial charge in [0.2, 0.25) is 5.78 Å². The van der Waals surface area contributed by atoms with Gasteiger partial charge >= 0.3 is 5.63 Å². The summed E-state index contributed by atoms with van der Waals surface area (Å²) in [5.41, 5.74) is 1.16. The second-order valence-corrected chi connectivity index (χ2v) is 4.58. The smallest absolute Gasteiger partial charge is 0.347 e. The van der Waals surface area contributed by atoms with Crippen LogP contribution >= 0.6 is 0 Å². The monoisotopic (exact) mass is 264 g/mol. The van der Waals surface area contributed by atoms with Gasteiger partial charge in [-0.1, -0.05) is 48.5 Å². The molecule has 0 bridgehead atoms. The van der Waals surface area contributed by atoms with Crippen molar-refractivity contribution < 1.29 is 9.21 Å². The third-order valence-electron chi connectivity index (χ3n) is 3.34. The maximum absolute atomic E-state index is 12.5. The molecule has 0 aliphatic rings. The molecular weight excluding hydrogens is 252 g/mol. The Labute approximate surface area is 115 Å². The van der Waals surface area contributed by atoms with E-state index in [9.17, 15) is 9.59 Å². The van der Waals surface area contributed by atoms with Crippen LogP contribution in [-0.4, -0.2) is 5.78 Å². The molecule has 1 aromatic heterocycles. The number of carbonyl (C=O) groups is 1. The predicted molar refractivity (Wildman–Crippen MR) is 77.1 cm³/mol. The second-order valence-electron chi connectivity index (χ2n) is 4.58. The highest BCUT2D eigenvalue weighted by Gasteiger charge is 2.19.